The Hall–Kier alpha value is -2.30. The molecule has 1 aromatic rings. The number of hydrogen-bond donors (Lipinski definition) is 1. The zero-order valence-electron chi connectivity index (χ0n) is 12.7. The van der Waals surface area contributed by atoms with Crippen molar-refractivity contribution < 1.29 is 14.3 Å². The number of nitrogens with zero attached hydrogens (tertiary/aromatic N) is 1. The van der Waals surface area contributed by atoms with E-state index < -0.39 is 0 Å². The maximum Gasteiger partial charge on any atom is 0.410 e. The van der Waals surface area contributed by atoms with Crippen LogP contribution in [0.5, 0.6) is 0 Å². The molecular formula is C17H22N2O3. The zero-order chi connectivity index (χ0) is 15.8. The largest absolute Gasteiger partial charge is 0.445 e. The third-order valence-electron chi connectivity index (χ3n) is 3.67. The van der Waals surface area contributed by atoms with Crippen molar-refractivity contribution in [1.82, 2.24) is 10.2 Å². The number of likely N-dealkylation sites (tertiary alicyclic amines) is 1. The fourth-order valence-corrected chi connectivity index (χ4v) is 2.50. The molecule has 0 bridgehead atoms. The molecule has 0 aromatic heterocycles. The fourth-order valence-electron chi connectivity index (χ4n) is 2.50. The number of benzene rings is 1. The van der Waals surface area contributed by atoms with E-state index in [1.165, 1.54) is 6.08 Å². The Morgan fingerprint density at radius 2 is 2.09 bits per heavy atom. The van der Waals surface area contributed by atoms with Crippen molar-refractivity contribution in [3.63, 3.8) is 0 Å². The quantitative estimate of drug-likeness (QED) is 0.869. The molecule has 22 heavy (non-hydrogen) atoms. The van der Waals surface area contributed by atoms with Gasteiger partial charge in [-0.25, -0.2) is 4.79 Å². The van der Waals surface area contributed by atoms with Crippen LogP contribution in [0.1, 0.15) is 24.8 Å². The number of nitrogens with one attached hydrogen (secondary N) is 1. The first-order valence-electron chi connectivity index (χ1n) is 7.57. The molecule has 0 aliphatic carbocycles. The number of carbonyl (C=O) groups excluding carboxylic acids is 2. The molecule has 5 heteroatoms. The lowest BCUT2D eigenvalue weighted by atomic mass is 10.1. The molecule has 1 N–H and O–H groups in total. The summed E-state index contributed by atoms with van der Waals surface area (Å²) in [4.78, 5) is 25.3. The summed E-state index contributed by atoms with van der Waals surface area (Å²) in [6.45, 7) is 4.85. The van der Waals surface area contributed by atoms with Crippen LogP contribution >= 0.6 is 0 Å². The zero-order valence-corrected chi connectivity index (χ0v) is 12.7. The van der Waals surface area contributed by atoms with Crippen LogP contribution in [-0.2, 0) is 16.1 Å². The first-order chi connectivity index (χ1) is 10.7. The molecular weight excluding hydrogens is 280 g/mol. The number of ether oxygens (including phenoxy) is 1. The molecule has 5 nitrogen and oxygen atoms in total. The molecule has 2 rings (SSSR count). The number of rotatable bonds is 4. The molecule has 1 aliphatic rings. The maximum absolute atomic E-state index is 12.2. The van der Waals surface area contributed by atoms with Crippen molar-refractivity contribution in [2.75, 3.05) is 13.1 Å². The highest BCUT2D eigenvalue weighted by Crippen LogP contribution is 2.13. The molecule has 1 unspecified atom stereocenters. The molecule has 1 aromatic carbocycles. The molecule has 1 heterocycles. The second kappa shape index (κ2) is 8.22. The van der Waals surface area contributed by atoms with Crippen LogP contribution in [0.15, 0.2) is 43.0 Å². The van der Waals surface area contributed by atoms with E-state index >= 15 is 0 Å². The smallest absolute Gasteiger partial charge is 0.410 e. The van der Waals surface area contributed by atoms with Crippen LogP contribution < -0.4 is 5.32 Å². The third-order valence-corrected chi connectivity index (χ3v) is 3.67. The van der Waals surface area contributed by atoms with Gasteiger partial charge in [-0.15, -0.1) is 0 Å². The summed E-state index contributed by atoms with van der Waals surface area (Å²) in [6.07, 6.45) is 3.68. The minimum absolute atomic E-state index is 0.0442. The molecule has 1 fully saturated rings. The summed E-state index contributed by atoms with van der Waals surface area (Å²) in [6, 6.07) is 9.54. The van der Waals surface area contributed by atoms with Crippen molar-refractivity contribution >= 4 is 12.0 Å². The van der Waals surface area contributed by atoms with Gasteiger partial charge in [-0.2, -0.15) is 0 Å². The van der Waals surface area contributed by atoms with Crippen molar-refractivity contribution in [2.45, 2.75) is 31.9 Å². The van der Waals surface area contributed by atoms with E-state index in [1.54, 1.807) is 4.90 Å². The summed E-state index contributed by atoms with van der Waals surface area (Å²) in [7, 11) is 0. The molecule has 1 atom stereocenters. The molecule has 0 spiro atoms. The van der Waals surface area contributed by atoms with Gasteiger partial charge in [0.2, 0.25) is 5.91 Å². The number of amides is 2. The van der Waals surface area contributed by atoms with Crippen molar-refractivity contribution in [2.24, 2.45) is 0 Å². The van der Waals surface area contributed by atoms with Crippen LogP contribution in [0.25, 0.3) is 0 Å². The van der Waals surface area contributed by atoms with Crippen LogP contribution in [0.4, 0.5) is 4.79 Å². The predicted molar refractivity (Wildman–Crippen MR) is 84.2 cm³/mol. The van der Waals surface area contributed by atoms with Crippen LogP contribution in [0.2, 0.25) is 0 Å². The summed E-state index contributed by atoms with van der Waals surface area (Å²) < 4.78 is 5.36. The highest BCUT2D eigenvalue weighted by molar-refractivity contribution is 5.87. The lowest BCUT2D eigenvalue weighted by Crippen LogP contribution is -2.44. The first-order valence-corrected chi connectivity index (χ1v) is 7.57. The summed E-state index contributed by atoms with van der Waals surface area (Å²) in [5.74, 6) is -0.204. The Kier molecular flexibility index (Phi) is 6.01. The van der Waals surface area contributed by atoms with Gasteiger partial charge in [0.15, 0.2) is 0 Å². The van der Waals surface area contributed by atoms with Gasteiger partial charge >= 0.3 is 6.09 Å². The Balaban J connectivity index is 1.87. The minimum atomic E-state index is -0.330. The van der Waals surface area contributed by atoms with Gasteiger partial charge < -0.3 is 15.0 Å². The topological polar surface area (TPSA) is 58.6 Å². The Bertz CT molecular complexity index is 516. The lowest BCUT2D eigenvalue weighted by Gasteiger charge is -2.24. The molecule has 1 saturated heterocycles. The van der Waals surface area contributed by atoms with Crippen LogP contribution in [-0.4, -0.2) is 36.0 Å². The second-order valence-corrected chi connectivity index (χ2v) is 5.39. The monoisotopic (exact) mass is 302 g/mol. The van der Waals surface area contributed by atoms with E-state index in [-0.39, 0.29) is 24.6 Å². The standard InChI is InChI=1S/C17H22N2O3/c1-2-16(20)18-15-10-6-7-11-19(12-15)17(21)22-13-14-8-4-3-5-9-14/h2-5,8-9,15H,1,6-7,10-13H2,(H,18,20). The second-order valence-electron chi connectivity index (χ2n) is 5.39. The van der Waals surface area contributed by atoms with E-state index in [2.05, 4.69) is 11.9 Å². The van der Waals surface area contributed by atoms with E-state index in [0.717, 1.165) is 24.8 Å². The van der Waals surface area contributed by atoms with Crippen molar-refractivity contribution in [3.8, 4) is 0 Å². The Morgan fingerprint density at radius 3 is 2.82 bits per heavy atom. The Morgan fingerprint density at radius 1 is 1.32 bits per heavy atom. The van der Waals surface area contributed by atoms with Gasteiger partial charge in [0.1, 0.15) is 6.61 Å². The molecule has 0 radical (unpaired) electrons. The van der Waals surface area contributed by atoms with Gasteiger partial charge in [-0.1, -0.05) is 36.9 Å². The first kappa shape index (κ1) is 16.1. The van der Waals surface area contributed by atoms with Crippen LogP contribution in [0, 0.1) is 0 Å². The molecule has 2 amide bonds. The molecule has 118 valence electrons. The SMILES string of the molecule is C=CC(=O)NC1CCCCN(C(=O)OCc2ccccc2)C1. The average Bonchev–Trinajstić information content (AvgIpc) is 2.79. The summed E-state index contributed by atoms with van der Waals surface area (Å²) in [5.41, 5.74) is 0.960. The Labute approximate surface area is 130 Å². The van der Waals surface area contributed by atoms with Gasteiger partial charge in [-0.3, -0.25) is 4.79 Å². The van der Waals surface area contributed by atoms with Gasteiger partial charge in [0.05, 0.1) is 0 Å². The van der Waals surface area contributed by atoms with Crippen LogP contribution in [0.3, 0.4) is 0 Å². The van der Waals surface area contributed by atoms with E-state index in [9.17, 15) is 9.59 Å². The summed E-state index contributed by atoms with van der Waals surface area (Å²) >= 11 is 0. The van der Waals surface area contributed by atoms with Gasteiger partial charge in [0.25, 0.3) is 0 Å². The van der Waals surface area contributed by atoms with E-state index in [1.807, 2.05) is 30.3 Å². The van der Waals surface area contributed by atoms with Crippen molar-refractivity contribution in [3.05, 3.63) is 48.6 Å². The lowest BCUT2D eigenvalue weighted by molar-refractivity contribution is -0.117. The van der Waals surface area contributed by atoms with E-state index in [0.29, 0.717) is 13.1 Å². The predicted octanol–water partition coefficient (Wildman–Crippen LogP) is 2.48. The summed E-state index contributed by atoms with van der Waals surface area (Å²) in [5, 5.41) is 2.86. The van der Waals surface area contributed by atoms with Gasteiger partial charge in [-0.05, 0) is 30.9 Å². The molecule has 0 saturated carbocycles. The third kappa shape index (κ3) is 4.91. The van der Waals surface area contributed by atoms with Gasteiger partial charge in [0, 0.05) is 19.1 Å². The van der Waals surface area contributed by atoms with E-state index in [4.69, 9.17) is 4.74 Å². The average molecular weight is 302 g/mol. The normalized spacial score (nSPS) is 18.2. The highest BCUT2D eigenvalue weighted by Gasteiger charge is 2.23. The highest BCUT2D eigenvalue weighted by atomic mass is 16.6. The van der Waals surface area contributed by atoms with Crippen molar-refractivity contribution in [1.29, 1.82) is 0 Å². The number of hydrogen-bond acceptors (Lipinski definition) is 3. The minimum Gasteiger partial charge on any atom is -0.445 e. The fraction of sp³-hybridized carbons (Fsp3) is 0.412. The maximum atomic E-state index is 12.2. The number of carbonyl (C=O) groups is 2. The molecule has 1 aliphatic heterocycles.